The zero-order chi connectivity index (χ0) is 17.3. The summed E-state index contributed by atoms with van der Waals surface area (Å²) in [5, 5.41) is 8.77. The monoisotopic (exact) mass is 346 g/mol. The molecule has 0 spiro atoms. The SMILES string of the molecule is c1ccc(CN2CC3CN(c4ccc(-c5ccco5)nn4)CC3C2)cc1. The average molecular weight is 346 g/mol. The summed E-state index contributed by atoms with van der Waals surface area (Å²) in [5.41, 5.74) is 2.19. The van der Waals surface area contributed by atoms with Crippen LogP contribution in [0.4, 0.5) is 5.82 Å². The zero-order valence-electron chi connectivity index (χ0n) is 14.7. The summed E-state index contributed by atoms with van der Waals surface area (Å²) in [6.07, 6.45) is 1.66. The highest BCUT2D eigenvalue weighted by molar-refractivity contribution is 5.53. The van der Waals surface area contributed by atoms with E-state index >= 15 is 0 Å². The molecule has 0 saturated carbocycles. The topological polar surface area (TPSA) is 45.4 Å². The number of benzene rings is 1. The summed E-state index contributed by atoms with van der Waals surface area (Å²) in [5.74, 6) is 3.19. The number of furan rings is 1. The first-order chi connectivity index (χ1) is 12.8. The largest absolute Gasteiger partial charge is 0.463 e. The molecule has 0 N–H and O–H groups in total. The van der Waals surface area contributed by atoms with Crippen molar-refractivity contribution in [1.29, 1.82) is 0 Å². The lowest BCUT2D eigenvalue weighted by molar-refractivity contribution is 0.309. The Morgan fingerprint density at radius 1 is 0.846 bits per heavy atom. The predicted molar refractivity (Wildman–Crippen MR) is 101 cm³/mol. The molecule has 2 atom stereocenters. The minimum absolute atomic E-state index is 0.727. The second-order valence-corrected chi connectivity index (χ2v) is 7.36. The van der Waals surface area contributed by atoms with Crippen molar-refractivity contribution in [3.8, 4) is 11.5 Å². The van der Waals surface area contributed by atoms with Gasteiger partial charge in [-0.2, -0.15) is 0 Å². The van der Waals surface area contributed by atoms with Gasteiger partial charge in [0.15, 0.2) is 11.6 Å². The molecule has 4 heterocycles. The quantitative estimate of drug-likeness (QED) is 0.725. The van der Waals surface area contributed by atoms with Crippen LogP contribution < -0.4 is 4.90 Å². The van der Waals surface area contributed by atoms with Gasteiger partial charge in [0.1, 0.15) is 5.69 Å². The zero-order valence-corrected chi connectivity index (χ0v) is 14.7. The number of rotatable bonds is 4. The summed E-state index contributed by atoms with van der Waals surface area (Å²) in [7, 11) is 0. The van der Waals surface area contributed by atoms with Crippen molar-refractivity contribution in [2.75, 3.05) is 31.1 Å². The molecule has 0 bridgehead atoms. The van der Waals surface area contributed by atoms with Crippen LogP contribution in [0.2, 0.25) is 0 Å². The highest BCUT2D eigenvalue weighted by atomic mass is 16.3. The molecule has 5 nitrogen and oxygen atoms in total. The van der Waals surface area contributed by atoms with Crippen LogP contribution in [0.5, 0.6) is 0 Å². The van der Waals surface area contributed by atoms with E-state index in [1.54, 1.807) is 6.26 Å². The number of anilines is 1. The third-order valence-corrected chi connectivity index (χ3v) is 5.56. The van der Waals surface area contributed by atoms with E-state index in [1.807, 2.05) is 18.2 Å². The van der Waals surface area contributed by atoms with Gasteiger partial charge >= 0.3 is 0 Å². The van der Waals surface area contributed by atoms with Gasteiger partial charge in [0.05, 0.1) is 6.26 Å². The maximum Gasteiger partial charge on any atom is 0.154 e. The first-order valence-corrected chi connectivity index (χ1v) is 9.24. The van der Waals surface area contributed by atoms with E-state index in [0.29, 0.717) is 0 Å². The lowest BCUT2D eigenvalue weighted by Crippen LogP contribution is -2.29. The molecule has 0 aliphatic carbocycles. The summed E-state index contributed by atoms with van der Waals surface area (Å²) < 4.78 is 5.38. The van der Waals surface area contributed by atoms with Crippen LogP contribution in [-0.4, -0.2) is 41.3 Å². The fourth-order valence-electron chi connectivity index (χ4n) is 4.30. The number of nitrogens with zero attached hydrogens (tertiary/aromatic N) is 4. The Bertz CT molecular complexity index is 833. The van der Waals surface area contributed by atoms with Crippen molar-refractivity contribution in [2.45, 2.75) is 6.54 Å². The Morgan fingerprint density at radius 2 is 1.65 bits per heavy atom. The van der Waals surface area contributed by atoms with Gasteiger partial charge in [-0.05, 0) is 41.7 Å². The first kappa shape index (κ1) is 15.6. The van der Waals surface area contributed by atoms with E-state index in [0.717, 1.165) is 48.7 Å². The summed E-state index contributed by atoms with van der Waals surface area (Å²) in [6, 6.07) is 18.6. The number of likely N-dealkylation sites (tertiary alicyclic amines) is 1. The van der Waals surface area contributed by atoms with Gasteiger partial charge in [0, 0.05) is 32.7 Å². The standard InChI is InChI=1S/C21H22N4O/c1-2-5-16(6-3-1)11-24-12-17-14-25(15-18(17)13-24)21-9-8-19(22-23-21)20-7-4-10-26-20/h1-10,17-18H,11-15H2. The van der Waals surface area contributed by atoms with Gasteiger partial charge < -0.3 is 9.32 Å². The fourth-order valence-corrected chi connectivity index (χ4v) is 4.30. The molecular formula is C21H22N4O. The van der Waals surface area contributed by atoms with E-state index in [-0.39, 0.29) is 0 Å². The molecule has 0 radical (unpaired) electrons. The van der Waals surface area contributed by atoms with Crippen molar-refractivity contribution >= 4 is 5.82 Å². The van der Waals surface area contributed by atoms with Crippen LogP contribution >= 0.6 is 0 Å². The van der Waals surface area contributed by atoms with Crippen molar-refractivity contribution in [2.24, 2.45) is 11.8 Å². The molecule has 2 aromatic heterocycles. The van der Waals surface area contributed by atoms with Gasteiger partial charge in [0.2, 0.25) is 0 Å². The van der Waals surface area contributed by atoms with Gasteiger partial charge in [0.25, 0.3) is 0 Å². The maximum atomic E-state index is 5.38. The molecular weight excluding hydrogens is 324 g/mol. The Hall–Kier alpha value is -2.66. The van der Waals surface area contributed by atoms with Crippen LogP contribution in [-0.2, 0) is 6.54 Å². The van der Waals surface area contributed by atoms with E-state index < -0.39 is 0 Å². The van der Waals surface area contributed by atoms with E-state index in [4.69, 9.17) is 4.42 Å². The second-order valence-electron chi connectivity index (χ2n) is 7.36. The number of fused-ring (bicyclic) bond motifs is 1. The van der Waals surface area contributed by atoms with E-state index in [1.165, 1.54) is 18.7 Å². The Labute approximate surface area is 153 Å². The molecule has 2 aliphatic heterocycles. The van der Waals surface area contributed by atoms with Gasteiger partial charge in [-0.1, -0.05) is 30.3 Å². The van der Waals surface area contributed by atoms with Crippen molar-refractivity contribution in [1.82, 2.24) is 15.1 Å². The van der Waals surface area contributed by atoms with Crippen molar-refractivity contribution in [3.63, 3.8) is 0 Å². The van der Waals surface area contributed by atoms with Crippen molar-refractivity contribution < 1.29 is 4.42 Å². The summed E-state index contributed by atoms with van der Waals surface area (Å²) >= 11 is 0. The second kappa shape index (κ2) is 6.57. The van der Waals surface area contributed by atoms with Gasteiger partial charge in [-0.25, -0.2) is 0 Å². The summed E-state index contributed by atoms with van der Waals surface area (Å²) in [6.45, 7) is 5.56. The normalized spacial score (nSPS) is 22.7. The third-order valence-electron chi connectivity index (χ3n) is 5.56. The third kappa shape index (κ3) is 2.99. The highest BCUT2D eigenvalue weighted by Crippen LogP contribution is 2.34. The Balaban J connectivity index is 1.21. The highest BCUT2D eigenvalue weighted by Gasteiger charge is 2.40. The minimum atomic E-state index is 0.727. The van der Waals surface area contributed by atoms with E-state index in [2.05, 4.69) is 56.4 Å². The predicted octanol–water partition coefficient (Wildman–Crippen LogP) is 3.30. The molecule has 1 aromatic carbocycles. The van der Waals surface area contributed by atoms with Gasteiger partial charge in [-0.15, -0.1) is 10.2 Å². The fraction of sp³-hybridized carbons (Fsp3) is 0.333. The molecule has 3 aromatic rings. The van der Waals surface area contributed by atoms with Gasteiger partial charge in [-0.3, -0.25) is 4.90 Å². The molecule has 2 unspecified atom stereocenters. The average Bonchev–Trinajstić information content (AvgIpc) is 3.39. The summed E-state index contributed by atoms with van der Waals surface area (Å²) in [4.78, 5) is 4.97. The number of hydrogen-bond acceptors (Lipinski definition) is 5. The molecule has 132 valence electrons. The first-order valence-electron chi connectivity index (χ1n) is 9.24. The van der Waals surface area contributed by atoms with Crippen LogP contribution in [0.25, 0.3) is 11.5 Å². The Kier molecular flexibility index (Phi) is 3.94. The van der Waals surface area contributed by atoms with Crippen LogP contribution in [0, 0.1) is 11.8 Å². The smallest absolute Gasteiger partial charge is 0.154 e. The van der Waals surface area contributed by atoms with Crippen LogP contribution in [0.1, 0.15) is 5.56 Å². The molecule has 2 saturated heterocycles. The molecule has 5 rings (SSSR count). The lowest BCUT2D eigenvalue weighted by Gasteiger charge is -2.22. The van der Waals surface area contributed by atoms with Crippen molar-refractivity contribution in [3.05, 3.63) is 66.4 Å². The minimum Gasteiger partial charge on any atom is -0.463 e. The van der Waals surface area contributed by atoms with Crippen LogP contribution in [0.15, 0.2) is 65.3 Å². The molecule has 5 heteroatoms. The van der Waals surface area contributed by atoms with Crippen LogP contribution in [0.3, 0.4) is 0 Å². The lowest BCUT2D eigenvalue weighted by atomic mass is 10.0. The molecule has 26 heavy (non-hydrogen) atoms. The maximum absolute atomic E-state index is 5.38. The molecule has 2 aliphatic rings. The Morgan fingerprint density at radius 3 is 2.31 bits per heavy atom. The number of hydrogen-bond donors (Lipinski definition) is 0. The molecule has 2 fully saturated rings. The van der Waals surface area contributed by atoms with E-state index in [9.17, 15) is 0 Å². The molecule has 0 amide bonds. The number of aromatic nitrogens is 2.